The molecule has 0 aliphatic heterocycles. The van der Waals surface area contributed by atoms with Crippen molar-refractivity contribution in [2.75, 3.05) is 13.6 Å². The highest BCUT2D eigenvalue weighted by Crippen LogP contribution is 2.11. The largest absolute Gasteiger partial charge is 0.508 e. The van der Waals surface area contributed by atoms with E-state index in [4.69, 9.17) is 0 Å². The lowest BCUT2D eigenvalue weighted by Gasteiger charge is -2.12. The van der Waals surface area contributed by atoms with Crippen molar-refractivity contribution in [1.82, 2.24) is 10.6 Å². The lowest BCUT2D eigenvalue weighted by atomic mass is 10.1. The van der Waals surface area contributed by atoms with E-state index < -0.39 is 11.6 Å². The molecule has 2 aromatic carbocycles. The van der Waals surface area contributed by atoms with E-state index in [9.17, 15) is 13.9 Å². The van der Waals surface area contributed by atoms with Crippen LogP contribution in [0.2, 0.25) is 0 Å². The molecule has 0 radical (unpaired) electrons. The van der Waals surface area contributed by atoms with Crippen LogP contribution in [-0.2, 0) is 13.0 Å². The van der Waals surface area contributed by atoms with Gasteiger partial charge in [0.1, 0.15) is 17.4 Å². The zero-order valence-electron chi connectivity index (χ0n) is 13.9. The Labute approximate surface area is 163 Å². The zero-order chi connectivity index (χ0) is 17.4. The van der Waals surface area contributed by atoms with Crippen molar-refractivity contribution in [2.45, 2.75) is 19.4 Å². The maximum absolute atomic E-state index is 13.6. The summed E-state index contributed by atoms with van der Waals surface area (Å²) >= 11 is 0. The molecule has 0 amide bonds. The van der Waals surface area contributed by atoms with Gasteiger partial charge >= 0.3 is 0 Å². The van der Waals surface area contributed by atoms with Gasteiger partial charge in [0.2, 0.25) is 0 Å². The van der Waals surface area contributed by atoms with Crippen LogP contribution in [-0.4, -0.2) is 24.7 Å². The van der Waals surface area contributed by atoms with Crippen LogP contribution in [0, 0.1) is 11.6 Å². The van der Waals surface area contributed by atoms with Gasteiger partial charge in [0.25, 0.3) is 0 Å². The van der Waals surface area contributed by atoms with E-state index in [0.717, 1.165) is 30.5 Å². The van der Waals surface area contributed by atoms with E-state index >= 15 is 0 Å². The zero-order valence-corrected chi connectivity index (χ0v) is 16.3. The van der Waals surface area contributed by atoms with Gasteiger partial charge in [-0.05, 0) is 48.7 Å². The predicted octanol–water partition coefficient (Wildman–Crippen LogP) is 3.59. The highest BCUT2D eigenvalue weighted by molar-refractivity contribution is 14.0. The molecule has 0 saturated heterocycles. The highest BCUT2D eigenvalue weighted by Gasteiger charge is 2.05. The molecule has 0 heterocycles. The molecule has 3 N–H and O–H groups in total. The van der Waals surface area contributed by atoms with Crippen LogP contribution in [0.3, 0.4) is 0 Å². The van der Waals surface area contributed by atoms with Crippen molar-refractivity contribution in [3.63, 3.8) is 0 Å². The number of guanidine groups is 1. The fourth-order valence-corrected chi connectivity index (χ4v) is 2.24. The second-order valence-electron chi connectivity index (χ2n) is 5.36. The molecule has 0 saturated carbocycles. The molecule has 2 rings (SSSR count). The first-order valence-corrected chi connectivity index (χ1v) is 7.75. The molecule has 0 unspecified atom stereocenters. The monoisotopic (exact) mass is 461 g/mol. The fraction of sp³-hybridized carbons (Fsp3) is 0.278. The predicted molar refractivity (Wildman–Crippen MR) is 106 cm³/mol. The Morgan fingerprint density at radius 2 is 1.80 bits per heavy atom. The highest BCUT2D eigenvalue weighted by atomic mass is 127. The summed E-state index contributed by atoms with van der Waals surface area (Å²) in [5.41, 5.74) is 1.39. The van der Waals surface area contributed by atoms with Crippen LogP contribution in [0.15, 0.2) is 47.5 Å². The van der Waals surface area contributed by atoms with E-state index in [2.05, 4.69) is 15.6 Å². The number of hydrogen-bond donors (Lipinski definition) is 3. The second-order valence-corrected chi connectivity index (χ2v) is 5.36. The Hall–Kier alpha value is -1.90. The van der Waals surface area contributed by atoms with E-state index in [0.29, 0.717) is 12.5 Å². The molecule has 0 atom stereocenters. The van der Waals surface area contributed by atoms with Gasteiger partial charge in [-0.1, -0.05) is 12.1 Å². The van der Waals surface area contributed by atoms with Crippen molar-refractivity contribution in [3.8, 4) is 5.75 Å². The molecule has 0 aromatic heterocycles. The number of benzene rings is 2. The summed E-state index contributed by atoms with van der Waals surface area (Å²) in [5.74, 6) is -0.132. The summed E-state index contributed by atoms with van der Waals surface area (Å²) in [6.07, 6.45) is 1.74. The number of nitrogens with one attached hydrogen (secondary N) is 2. The molecule has 2 aromatic rings. The van der Waals surface area contributed by atoms with Gasteiger partial charge in [-0.3, -0.25) is 4.99 Å². The average molecular weight is 461 g/mol. The van der Waals surface area contributed by atoms with Crippen molar-refractivity contribution in [1.29, 1.82) is 0 Å². The van der Waals surface area contributed by atoms with Crippen LogP contribution in [0.1, 0.15) is 17.5 Å². The van der Waals surface area contributed by atoms with Gasteiger partial charge in [0.05, 0.1) is 0 Å². The van der Waals surface area contributed by atoms with Gasteiger partial charge in [-0.2, -0.15) is 0 Å². The first-order valence-electron chi connectivity index (χ1n) is 7.75. The topological polar surface area (TPSA) is 56.7 Å². The van der Waals surface area contributed by atoms with Gasteiger partial charge in [0, 0.05) is 25.7 Å². The maximum Gasteiger partial charge on any atom is 0.191 e. The van der Waals surface area contributed by atoms with Crippen molar-refractivity contribution in [3.05, 3.63) is 65.2 Å². The molecular weight excluding hydrogens is 439 g/mol. The Kier molecular flexibility index (Phi) is 9.18. The molecular formula is C18H22F2IN3O. The number of hydrogen-bond acceptors (Lipinski definition) is 2. The number of aliphatic imine (C=N–C) groups is 1. The Morgan fingerprint density at radius 3 is 2.48 bits per heavy atom. The molecule has 136 valence electrons. The van der Waals surface area contributed by atoms with Crippen LogP contribution in [0.25, 0.3) is 0 Å². The molecule has 4 nitrogen and oxygen atoms in total. The van der Waals surface area contributed by atoms with E-state index in [1.807, 2.05) is 12.1 Å². The number of phenols is 1. The van der Waals surface area contributed by atoms with Gasteiger partial charge < -0.3 is 15.7 Å². The van der Waals surface area contributed by atoms with Gasteiger partial charge in [-0.15, -0.1) is 24.0 Å². The van der Waals surface area contributed by atoms with E-state index in [-0.39, 0.29) is 41.8 Å². The number of halogens is 3. The van der Waals surface area contributed by atoms with Crippen LogP contribution >= 0.6 is 24.0 Å². The second kappa shape index (κ2) is 10.9. The molecule has 0 aliphatic carbocycles. The van der Waals surface area contributed by atoms with Crippen molar-refractivity contribution in [2.24, 2.45) is 4.99 Å². The van der Waals surface area contributed by atoms with Gasteiger partial charge in [-0.25, -0.2) is 8.78 Å². The van der Waals surface area contributed by atoms with Crippen LogP contribution in [0.4, 0.5) is 8.78 Å². The number of nitrogens with zero attached hydrogens (tertiary/aromatic N) is 1. The van der Waals surface area contributed by atoms with E-state index in [1.165, 1.54) is 6.07 Å². The first-order chi connectivity index (χ1) is 11.6. The van der Waals surface area contributed by atoms with Crippen LogP contribution < -0.4 is 10.6 Å². The molecule has 0 bridgehead atoms. The van der Waals surface area contributed by atoms with Crippen LogP contribution in [0.5, 0.6) is 5.75 Å². The first kappa shape index (κ1) is 21.1. The third-order valence-corrected chi connectivity index (χ3v) is 3.55. The third kappa shape index (κ3) is 7.25. The molecule has 7 heteroatoms. The molecule has 25 heavy (non-hydrogen) atoms. The summed E-state index contributed by atoms with van der Waals surface area (Å²) < 4.78 is 26.7. The summed E-state index contributed by atoms with van der Waals surface area (Å²) in [5, 5.41) is 15.3. The van der Waals surface area contributed by atoms with Crippen molar-refractivity contribution < 1.29 is 13.9 Å². The smallest absolute Gasteiger partial charge is 0.191 e. The fourth-order valence-electron chi connectivity index (χ4n) is 2.24. The standard InChI is InChI=1S/C18H21F2N3O.HI/c1-21-18(23-12-14-11-15(19)6-9-17(14)20)22-10-2-3-13-4-7-16(24)8-5-13;/h4-9,11,24H,2-3,10,12H2,1H3,(H2,21,22,23);1H. The third-order valence-electron chi connectivity index (χ3n) is 3.55. The lowest BCUT2D eigenvalue weighted by Crippen LogP contribution is -2.37. The van der Waals surface area contributed by atoms with Crippen molar-refractivity contribution >= 4 is 29.9 Å². The number of rotatable bonds is 6. The SMILES string of the molecule is CN=C(NCCCc1ccc(O)cc1)NCc1cc(F)ccc1F.I. The summed E-state index contributed by atoms with van der Waals surface area (Å²) in [7, 11) is 1.62. The Balaban J connectivity index is 0.00000312. The normalized spacial score (nSPS) is 10.9. The minimum Gasteiger partial charge on any atom is -0.508 e. The molecule has 0 spiro atoms. The minimum atomic E-state index is -0.468. The quantitative estimate of drug-likeness (QED) is 0.267. The number of phenolic OH excluding ortho intramolecular Hbond substituents is 1. The van der Waals surface area contributed by atoms with E-state index in [1.54, 1.807) is 19.2 Å². The maximum atomic E-state index is 13.6. The average Bonchev–Trinajstić information content (AvgIpc) is 2.58. The Morgan fingerprint density at radius 1 is 1.08 bits per heavy atom. The number of aryl methyl sites for hydroxylation is 1. The summed E-state index contributed by atoms with van der Waals surface area (Å²) in [6.45, 7) is 0.841. The lowest BCUT2D eigenvalue weighted by molar-refractivity contribution is 0.475. The Bertz CT molecular complexity index is 693. The summed E-state index contributed by atoms with van der Waals surface area (Å²) in [4.78, 5) is 4.06. The molecule has 0 fully saturated rings. The summed E-state index contributed by atoms with van der Waals surface area (Å²) in [6, 6.07) is 10.5. The number of aromatic hydroxyl groups is 1. The minimum absolute atomic E-state index is 0. The molecule has 0 aliphatic rings. The van der Waals surface area contributed by atoms with Gasteiger partial charge in [0.15, 0.2) is 5.96 Å².